The van der Waals surface area contributed by atoms with Crippen molar-refractivity contribution in [2.75, 3.05) is 11.9 Å². The molecule has 4 N–H and O–H groups in total. The van der Waals surface area contributed by atoms with Gasteiger partial charge < -0.3 is 16.4 Å². The Balaban J connectivity index is 1.68. The maximum absolute atomic E-state index is 13.3. The molecule has 0 aliphatic heterocycles. The van der Waals surface area contributed by atoms with Gasteiger partial charge in [-0.3, -0.25) is 9.59 Å². The molecule has 2 atom stereocenters. The quantitative estimate of drug-likeness (QED) is 0.729. The number of rotatable bonds is 5. The maximum atomic E-state index is 13.3. The van der Waals surface area contributed by atoms with Crippen molar-refractivity contribution in [3.05, 3.63) is 52.2 Å². The Morgan fingerprint density at radius 1 is 1.22 bits per heavy atom. The van der Waals surface area contributed by atoms with Crippen LogP contribution in [0.2, 0.25) is 0 Å². The molecular formula is C20H24FN3O2S. The van der Waals surface area contributed by atoms with Gasteiger partial charge in [0.1, 0.15) is 5.82 Å². The van der Waals surface area contributed by atoms with Crippen molar-refractivity contribution in [2.45, 2.75) is 38.6 Å². The molecule has 1 fully saturated rings. The van der Waals surface area contributed by atoms with E-state index in [2.05, 4.69) is 10.6 Å². The fraction of sp³-hybridized carbons (Fsp3) is 0.400. The summed E-state index contributed by atoms with van der Waals surface area (Å²) < 4.78 is 13.3. The predicted molar refractivity (Wildman–Crippen MR) is 106 cm³/mol. The highest BCUT2D eigenvalue weighted by Gasteiger charge is 2.27. The lowest BCUT2D eigenvalue weighted by atomic mass is 9.84. The van der Waals surface area contributed by atoms with Gasteiger partial charge in [0.25, 0.3) is 11.8 Å². The second-order valence-corrected chi connectivity index (χ2v) is 8.00. The SMILES string of the molecule is Cc1cc(NC(=O)c2cccc(F)c2)sc1C(=O)NC1CCCCC1CN. The van der Waals surface area contributed by atoms with Crippen LogP contribution in [0.15, 0.2) is 30.3 Å². The summed E-state index contributed by atoms with van der Waals surface area (Å²) in [5.74, 6) is -0.686. The molecule has 7 heteroatoms. The number of hydrogen-bond donors (Lipinski definition) is 3. The molecule has 3 rings (SSSR count). The number of carbonyl (C=O) groups excluding carboxylic acids is 2. The molecule has 5 nitrogen and oxygen atoms in total. The monoisotopic (exact) mass is 389 g/mol. The van der Waals surface area contributed by atoms with Crippen LogP contribution in [-0.4, -0.2) is 24.4 Å². The van der Waals surface area contributed by atoms with Crippen molar-refractivity contribution in [3.63, 3.8) is 0 Å². The molecule has 0 saturated heterocycles. The molecule has 0 bridgehead atoms. The summed E-state index contributed by atoms with van der Waals surface area (Å²) in [4.78, 5) is 25.5. The minimum Gasteiger partial charge on any atom is -0.348 e. The summed E-state index contributed by atoms with van der Waals surface area (Å²) in [6, 6.07) is 7.36. The lowest BCUT2D eigenvalue weighted by Crippen LogP contribution is -2.44. The molecule has 1 aliphatic rings. The zero-order valence-corrected chi connectivity index (χ0v) is 16.1. The van der Waals surface area contributed by atoms with Gasteiger partial charge in [0.05, 0.1) is 9.88 Å². The van der Waals surface area contributed by atoms with E-state index >= 15 is 0 Å². The van der Waals surface area contributed by atoms with Crippen LogP contribution in [0.25, 0.3) is 0 Å². The molecule has 144 valence electrons. The highest BCUT2D eigenvalue weighted by Crippen LogP contribution is 2.29. The van der Waals surface area contributed by atoms with Gasteiger partial charge in [-0.05, 0) is 62.1 Å². The second-order valence-electron chi connectivity index (χ2n) is 6.95. The third-order valence-corrected chi connectivity index (χ3v) is 6.13. The van der Waals surface area contributed by atoms with E-state index < -0.39 is 11.7 Å². The molecule has 1 saturated carbocycles. The number of aryl methyl sites for hydroxylation is 1. The fourth-order valence-electron chi connectivity index (χ4n) is 3.50. The molecule has 2 unspecified atom stereocenters. The van der Waals surface area contributed by atoms with Crippen LogP contribution >= 0.6 is 11.3 Å². The van der Waals surface area contributed by atoms with Crippen molar-refractivity contribution in [1.82, 2.24) is 5.32 Å². The van der Waals surface area contributed by atoms with Gasteiger partial charge in [-0.1, -0.05) is 18.9 Å². The smallest absolute Gasteiger partial charge is 0.261 e. The molecule has 1 aliphatic carbocycles. The zero-order valence-electron chi connectivity index (χ0n) is 15.3. The number of amides is 2. The first kappa shape index (κ1) is 19.5. The molecule has 2 aromatic rings. The molecule has 1 aromatic heterocycles. The summed E-state index contributed by atoms with van der Waals surface area (Å²) in [5.41, 5.74) is 6.87. The molecule has 27 heavy (non-hydrogen) atoms. The van der Waals surface area contributed by atoms with Crippen LogP contribution in [0.3, 0.4) is 0 Å². The van der Waals surface area contributed by atoms with Gasteiger partial charge in [0.2, 0.25) is 0 Å². The van der Waals surface area contributed by atoms with Gasteiger partial charge in [0, 0.05) is 11.6 Å². The summed E-state index contributed by atoms with van der Waals surface area (Å²) >= 11 is 1.22. The number of carbonyl (C=O) groups is 2. The van der Waals surface area contributed by atoms with Gasteiger partial charge in [-0.2, -0.15) is 0 Å². The van der Waals surface area contributed by atoms with Crippen LogP contribution < -0.4 is 16.4 Å². The Morgan fingerprint density at radius 3 is 2.74 bits per heavy atom. The Kier molecular flexibility index (Phi) is 6.23. The van der Waals surface area contributed by atoms with Crippen LogP contribution in [0.5, 0.6) is 0 Å². The van der Waals surface area contributed by atoms with E-state index in [1.165, 1.54) is 29.5 Å². The molecular weight excluding hydrogens is 365 g/mol. The molecule has 2 amide bonds. The fourth-order valence-corrected chi connectivity index (χ4v) is 4.47. The standard InChI is InChI=1S/C20H24FN3O2S/c1-12-9-17(24-19(25)13-6-4-7-15(21)10-13)27-18(12)20(26)23-16-8-3-2-5-14(16)11-22/h4,6-7,9-10,14,16H,2-3,5,8,11,22H2,1H3,(H,23,26)(H,24,25). The van der Waals surface area contributed by atoms with Gasteiger partial charge in [-0.25, -0.2) is 4.39 Å². The molecule has 0 spiro atoms. The minimum absolute atomic E-state index is 0.100. The maximum Gasteiger partial charge on any atom is 0.261 e. The van der Waals surface area contributed by atoms with Crippen molar-refractivity contribution < 1.29 is 14.0 Å². The first-order valence-electron chi connectivity index (χ1n) is 9.16. The van der Waals surface area contributed by atoms with Crippen molar-refractivity contribution in [2.24, 2.45) is 11.7 Å². The van der Waals surface area contributed by atoms with Crippen LogP contribution in [-0.2, 0) is 0 Å². The highest BCUT2D eigenvalue weighted by molar-refractivity contribution is 7.18. The number of benzene rings is 1. The largest absolute Gasteiger partial charge is 0.348 e. The number of nitrogens with two attached hydrogens (primary N) is 1. The van der Waals surface area contributed by atoms with Gasteiger partial charge in [0.15, 0.2) is 0 Å². The molecule has 1 aromatic carbocycles. The second kappa shape index (κ2) is 8.63. The van der Waals surface area contributed by atoms with E-state index in [-0.39, 0.29) is 17.5 Å². The van der Waals surface area contributed by atoms with E-state index in [0.29, 0.717) is 22.3 Å². The topological polar surface area (TPSA) is 84.2 Å². The van der Waals surface area contributed by atoms with Crippen LogP contribution in [0, 0.1) is 18.7 Å². The normalized spacial score (nSPS) is 19.5. The van der Waals surface area contributed by atoms with Crippen LogP contribution in [0.4, 0.5) is 9.39 Å². The Morgan fingerprint density at radius 2 is 2.00 bits per heavy atom. The van der Waals surface area contributed by atoms with Crippen LogP contribution in [0.1, 0.15) is 51.3 Å². The lowest BCUT2D eigenvalue weighted by molar-refractivity contribution is 0.0911. The molecule has 1 heterocycles. The predicted octanol–water partition coefficient (Wildman–Crippen LogP) is 3.70. The van der Waals surface area contributed by atoms with E-state index in [9.17, 15) is 14.0 Å². The van der Waals surface area contributed by atoms with Gasteiger partial charge >= 0.3 is 0 Å². The van der Waals surface area contributed by atoms with E-state index in [1.807, 2.05) is 6.92 Å². The average molecular weight is 389 g/mol. The van der Waals surface area contributed by atoms with Gasteiger partial charge in [-0.15, -0.1) is 11.3 Å². The summed E-state index contributed by atoms with van der Waals surface area (Å²) in [6.07, 6.45) is 4.24. The molecule has 0 radical (unpaired) electrons. The minimum atomic E-state index is -0.466. The number of anilines is 1. The van der Waals surface area contributed by atoms with Crippen molar-refractivity contribution >= 4 is 28.2 Å². The number of hydrogen-bond acceptors (Lipinski definition) is 4. The Labute approximate surface area is 162 Å². The number of nitrogens with one attached hydrogen (secondary N) is 2. The average Bonchev–Trinajstić information content (AvgIpc) is 3.02. The lowest BCUT2D eigenvalue weighted by Gasteiger charge is -2.31. The first-order chi connectivity index (χ1) is 13.0. The van der Waals surface area contributed by atoms with Crippen molar-refractivity contribution in [3.8, 4) is 0 Å². The van der Waals surface area contributed by atoms with Crippen molar-refractivity contribution in [1.29, 1.82) is 0 Å². The third-order valence-electron chi connectivity index (χ3n) is 4.98. The van der Waals surface area contributed by atoms with E-state index in [0.717, 1.165) is 31.2 Å². The van der Waals surface area contributed by atoms with E-state index in [4.69, 9.17) is 5.73 Å². The third kappa shape index (κ3) is 4.73. The summed E-state index contributed by atoms with van der Waals surface area (Å²) in [6.45, 7) is 2.41. The summed E-state index contributed by atoms with van der Waals surface area (Å²) in [7, 11) is 0. The Bertz CT molecular complexity index is 836. The summed E-state index contributed by atoms with van der Waals surface area (Å²) in [5, 5.41) is 6.41. The zero-order chi connectivity index (χ0) is 19.4. The number of halogens is 1. The number of thiophene rings is 1. The Hall–Kier alpha value is -2.25. The highest BCUT2D eigenvalue weighted by atomic mass is 32.1. The first-order valence-corrected chi connectivity index (χ1v) is 9.98. The van der Waals surface area contributed by atoms with E-state index in [1.54, 1.807) is 12.1 Å².